The van der Waals surface area contributed by atoms with E-state index in [-0.39, 0.29) is 10.8 Å². The van der Waals surface area contributed by atoms with Crippen molar-refractivity contribution in [3.63, 3.8) is 0 Å². The molecule has 1 aliphatic carbocycles. The molecule has 43 heavy (non-hydrogen) atoms. The van der Waals surface area contributed by atoms with Crippen LogP contribution in [0.25, 0.3) is 11.1 Å². The summed E-state index contributed by atoms with van der Waals surface area (Å²) >= 11 is 7.71. The van der Waals surface area contributed by atoms with Crippen molar-refractivity contribution in [3.05, 3.63) is 115 Å². The first kappa shape index (κ1) is 32.3. The van der Waals surface area contributed by atoms with Crippen molar-refractivity contribution < 1.29 is 8.85 Å². The van der Waals surface area contributed by atoms with E-state index in [2.05, 4.69) is 172 Å². The molecule has 0 saturated heterocycles. The van der Waals surface area contributed by atoms with E-state index < -0.39 is 23.5 Å². The molecule has 0 spiro atoms. The predicted molar refractivity (Wildman–Crippen MR) is 196 cm³/mol. The molecule has 0 fully saturated rings. The molecule has 4 aromatic carbocycles. The molecule has 6 heteroatoms. The Morgan fingerprint density at radius 1 is 0.512 bits per heavy atom. The number of hydrogen-bond donors (Lipinski definition) is 0. The Kier molecular flexibility index (Phi) is 8.75. The largest absolute Gasteiger partial charge is 0.547 e. The molecule has 4 aromatic rings. The predicted octanol–water partition coefficient (Wildman–Crippen LogP) is 10.9. The summed E-state index contributed by atoms with van der Waals surface area (Å²) in [6.45, 7) is 22.6. The molecule has 226 valence electrons. The third-order valence-electron chi connectivity index (χ3n) is 8.29. The highest BCUT2D eigenvalue weighted by atomic mass is 79.9. The summed E-state index contributed by atoms with van der Waals surface area (Å²) in [5, 5.41) is 0. The highest BCUT2D eigenvalue weighted by Gasteiger charge is 2.50. The van der Waals surface area contributed by atoms with Crippen molar-refractivity contribution in [1.82, 2.24) is 0 Å². The molecule has 1 aliphatic rings. The number of fused-ring (bicyclic) bond motifs is 3. The van der Waals surface area contributed by atoms with Crippen LogP contribution < -0.4 is 8.85 Å². The first-order valence-electron chi connectivity index (χ1n) is 15.3. The molecule has 0 bridgehead atoms. The Labute approximate surface area is 279 Å². The van der Waals surface area contributed by atoms with Crippen molar-refractivity contribution in [2.75, 3.05) is 0 Å². The van der Waals surface area contributed by atoms with Crippen LogP contribution in [0.5, 0.6) is 11.5 Å². The Morgan fingerprint density at radius 2 is 0.884 bits per heavy atom. The zero-order chi connectivity index (χ0) is 31.5. The van der Waals surface area contributed by atoms with Crippen LogP contribution in [-0.4, -0.2) is 18.1 Å². The van der Waals surface area contributed by atoms with E-state index >= 15 is 0 Å². The van der Waals surface area contributed by atoms with Gasteiger partial charge in [-0.1, -0.05) is 110 Å². The third-order valence-corrected chi connectivity index (χ3v) is 10.7. The van der Waals surface area contributed by atoms with Gasteiger partial charge in [0.2, 0.25) is 18.1 Å². The van der Waals surface area contributed by atoms with Gasteiger partial charge in [-0.25, -0.2) is 0 Å². The second-order valence-corrected chi connectivity index (χ2v) is 20.9. The van der Waals surface area contributed by atoms with E-state index in [0.29, 0.717) is 0 Å². The molecule has 0 radical (unpaired) electrons. The van der Waals surface area contributed by atoms with Gasteiger partial charge in [-0.2, -0.15) is 0 Å². The fourth-order valence-corrected chi connectivity index (χ4v) is 8.42. The fourth-order valence-electron chi connectivity index (χ4n) is 6.29. The second-order valence-electron chi connectivity index (χ2n) is 14.4. The highest BCUT2D eigenvalue weighted by Crippen LogP contribution is 2.60. The van der Waals surface area contributed by atoms with Gasteiger partial charge in [0.25, 0.3) is 0 Å². The SMILES string of the molecule is C[SiH](C)Oc1cc(C(C)(C)C)ccc1C1(c2ccc(C(C)(C)C)cc2O[SiH](C)C)c2cc(Br)ccc2-c2ccc(Br)cc21. The van der Waals surface area contributed by atoms with Gasteiger partial charge in [-0.3, -0.25) is 0 Å². The standard InChI is InChI=1S/C37H44Br2O2Si2/c1-35(2,3)23-11-17-29(33(19-23)40-42(7)8)37(30-18-12-24(36(4,5)6)20-34(30)41-43(9)10)31-21-25(38)13-15-27(31)28-16-14-26(39)22-32(28)37/h11-22,42-43H,1-10H3. The topological polar surface area (TPSA) is 18.5 Å². The average Bonchev–Trinajstić information content (AvgIpc) is 3.16. The summed E-state index contributed by atoms with van der Waals surface area (Å²) < 4.78 is 15.9. The number of benzene rings is 4. The fraction of sp³-hybridized carbons (Fsp3) is 0.351. The minimum Gasteiger partial charge on any atom is -0.547 e. The lowest BCUT2D eigenvalue weighted by atomic mass is 9.66. The normalized spacial score (nSPS) is 14.2. The van der Waals surface area contributed by atoms with E-state index in [9.17, 15) is 0 Å². The van der Waals surface area contributed by atoms with Crippen LogP contribution in [0.4, 0.5) is 0 Å². The third kappa shape index (κ3) is 5.97. The molecule has 0 N–H and O–H groups in total. The van der Waals surface area contributed by atoms with Crippen molar-refractivity contribution in [1.29, 1.82) is 0 Å². The van der Waals surface area contributed by atoms with Crippen LogP contribution >= 0.6 is 31.9 Å². The van der Waals surface area contributed by atoms with Crippen molar-refractivity contribution in [2.45, 2.75) is 84.0 Å². The number of hydrogen-bond acceptors (Lipinski definition) is 2. The summed E-state index contributed by atoms with van der Waals surface area (Å²) in [5.74, 6) is 1.95. The summed E-state index contributed by atoms with van der Waals surface area (Å²) in [7, 11) is -2.94. The molecule has 0 saturated carbocycles. The van der Waals surface area contributed by atoms with Crippen LogP contribution in [0.1, 0.15) is 74.9 Å². The minimum absolute atomic E-state index is 0.00818. The maximum atomic E-state index is 6.91. The smallest absolute Gasteiger partial charge is 0.229 e. The number of halogens is 2. The Hall–Kier alpha value is -2.13. The molecule has 0 unspecified atom stereocenters. The molecule has 0 atom stereocenters. The Balaban J connectivity index is 2.01. The minimum atomic E-state index is -1.47. The van der Waals surface area contributed by atoms with Crippen molar-refractivity contribution >= 4 is 49.9 Å². The summed E-state index contributed by atoms with van der Waals surface area (Å²) in [5.41, 5.74) is 9.17. The highest BCUT2D eigenvalue weighted by molar-refractivity contribution is 9.10. The second kappa shape index (κ2) is 11.7. The zero-order valence-electron chi connectivity index (χ0n) is 27.2. The molecule has 2 nitrogen and oxygen atoms in total. The summed E-state index contributed by atoms with van der Waals surface area (Å²) in [4.78, 5) is 0. The maximum absolute atomic E-state index is 6.91. The maximum Gasteiger partial charge on any atom is 0.229 e. The van der Waals surface area contributed by atoms with E-state index in [4.69, 9.17) is 8.85 Å². The van der Waals surface area contributed by atoms with E-state index in [1.165, 1.54) is 33.4 Å². The van der Waals surface area contributed by atoms with E-state index in [0.717, 1.165) is 31.6 Å². The van der Waals surface area contributed by atoms with Gasteiger partial charge in [-0.15, -0.1) is 0 Å². The van der Waals surface area contributed by atoms with Gasteiger partial charge in [0.1, 0.15) is 11.5 Å². The van der Waals surface area contributed by atoms with Gasteiger partial charge in [0.05, 0.1) is 5.41 Å². The first-order valence-corrected chi connectivity index (χ1v) is 22.4. The first-order chi connectivity index (χ1) is 20.0. The molecule has 0 amide bonds. The van der Waals surface area contributed by atoms with Crippen molar-refractivity contribution in [2.24, 2.45) is 0 Å². The number of rotatable bonds is 6. The molecular formula is C37H44Br2O2Si2. The van der Waals surface area contributed by atoms with Gasteiger partial charge in [0.15, 0.2) is 0 Å². The van der Waals surface area contributed by atoms with Gasteiger partial charge in [-0.05, 0) is 107 Å². The summed E-state index contributed by atoms with van der Waals surface area (Å²) in [6.07, 6.45) is 0. The van der Waals surface area contributed by atoms with Crippen LogP contribution in [0.2, 0.25) is 26.2 Å². The van der Waals surface area contributed by atoms with Crippen molar-refractivity contribution in [3.8, 4) is 22.6 Å². The van der Waals surface area contributed by atoms with Gasteiger partial charge in [0, 0.05) is 20.1 Å². The van der Waals surface area contributed by atoms with Crippen LogP contribution in [0.15, 0.2) is 81.7 Å². The monoisotopic (exact) mass is 734 g/mol. The molecule has 0 heterocycles. The lowest BCUT2D eigenvalue weighted by Crippen LogP contribution is -2.32. The Bertz CT molecular complexity index is 1550. The van der Waals surface area contributed by atoms with Gasteiger partial charge >= 0.3 is 0 Å². The molecule has 0 aromatic heterocycles. The van der Waals surface area contributed by atoms with Crippen LogP contribution in [0, 0.1) is 0 Å². The lowest BCUT2D eigenvalue weighted by Gasteiger charge is -2.38. The van der Waals surface area contributed by atoms with Crippen LogP contribution in [-0.2, 0) is 16.2 Å². The lowest BCUT2D eigenvalue weighted by molar-refractivity contribution is 0.528. The Morgan fingerprint density at radius 3 is 1.21 bits per heavy atom. The summed E-state index contributed by atoms with van der Waals surface area (Å²) in [6, 6.07) is 27.3. The van der Waals surface area contributed by atoms with E-state index in [1.54, 1.807) is 0 Å². The zero-order valence-corrected chi connectivity index (χ0v) is 32.6. The quantitative estimate of drug-likeness (QED) is 0.162. The molecular weight excluding hydrogens is 692 g/mol. The van der Waals surface area contributed by atoms with Crippen LogP contribution in [0.3, 0.4) is 0 Å². The van der Waals surface area contributed by atoms with Gasteiger partial charge < -0.3 is 8.85 Å². The van der Waals surface area contributed by atoms with E-state index in [1.807, 2.05) is 0 Å². The molecule has 5 rings (SSSR count). The average molecular weight is 737 g/mol. The molecule has 0 aliphatic heterocycles.